The SMILES string of the molecule is NN.[B][B][B][B]. The Hall–Kier alpha value is 0.180. The van der Waals surface area contributed by atoms with Gasteiger partial charge in [0.1, 0.15) is 0 Å². The van der Waals surface area contributed by atoms with Crippen LogP contribution in [0.3, 0.4) is 0 Å². The van der Waals surface area contributed by atoms with E-state index in [1.807, 2.05) is 0 Å². The second kappa shape index (κ2) is 19.0. The van der Waals surface area contributed by atoms with Gasteiger partial charge in [0.25, 0.3) is 0 Å². The first-order chi connectivity index (χ1) is 2.91. The molecule has 0 bridgehead atoms. The minimum atomic E-state index is 1.28. The predicted molar refractivity (Wildman–Crippen MR) is 31.4 cm³/mol. The highest BCUT2D eigenvalue weighted by Gasteiger charge is 1.62. The van der Waals surface area contributed by atoms with Gasteiger partial charge in [-0.3, -0.25) is 11.7 Å². The Morgan fingerprint density at radius 3 is 1.17 bits per heavy atom. The molecule has 0 aromatic heterocycles. The van der Waals surface area contributed by atoms with Crippen molar-refractivity contribution in [3.63, 3.8) is 0 Å². The van der Waals surface area contributed by atoms with Crippen LogP contribution in [0.5, 0.6) is 0 Å². The Kier molecular flexibility index (Phi) is 30.1. The molecule has 0 heterocycles. The zero-order chi connectivity index (χ0) is 5.41. The smallest absolute Gasteiger partial charge is 0 e. The zero-order valence-electron chi connectivity index (χ0n) is 3.46. The maximum atomic E-state index is 4.72. The van der Waals surface area contributed by atoms with Crippen LogP contribution in [0.25, 0.3) is 0 Å². The Morgan fingerprint density at radius 2 is 1.17 bits per heavy atom. The summed E-state index contributed by atoms with van der Waals surface area (Å²) in [5.41, 5.74) is 0. The topological polar surface area (TPSA) is 52.0 Å². The third-order valence-electron chi connectivity index (χ3n) is 0.111. The first-order valence-electron chi connectivity index (χ1n) is 1.33. The lowest BCUT2D eigenvalue weighted by Gasteiger charge is -1.62. The largest absolute Gasteiger partial charge is 0.274 e. The van der Waals surface area contributed by atoms with Crippen molar-refractivity contribution in [1.82, 2.24) is 0 Å². The highest BCUT2D eigenvalue weighted by Crippen LogP contribution is 1.24. The van der Waals surface area contributed by atoms with Crippen LogP contribution in [0.1, 0.15) is 0 Å². The van der Waals surface area contributed by atoms with Crippen molar-refractivity contribution >= 4 is 29.6 Å². The molecule has 4 N–H and O–H groups in total. The molecule has 6 radical (unpaired) electrons. The minimum absolute atomic E-state index is 1.28. The van der Waals surface area contributed by atoms with E-state index < -0.39 is 0 Å². The van der Waals surface area contributed by atoms with Gasteiger partial charge in [-0.05, 0) is 0 Å². The molecule has 0 aromatic rings. The van der Waals surface area contributed by atoms with E-state index in [-0.39, 0.29) is 0 Å². The fraction of sp³-hybridized carbons (Fsp3) is 0. The van der Waals surface area contributed by atoms with Gasteiger partial charge in [0.2, 0.25) is 0 Å². The molecule has 0 aliphatic rings. The molecule has 0 aromatic carbocycles. The first kappa shape index (κ1) is 9.49. The van der Waals surface area contributed by atoms with Gasteiger partial charge >= 0.3 is 0 Å². The highest BCUT2D eigenvalue weighted by atomic mass is 15.0. The molecule has 0 unspecified atom stereocenters. The number of hydrogen-bond donors (Lipinski definition) is 2. The van der Waals surface area contributed by atoms with Crippen molar-refractivity contribution in [2.45, 2.75) is 0 Å². The van der Waals surface area contributed by atoms with Crippen LogP contribution in [0.4, 0.5) is 0 Å². The summed E-state index contributed by atoms with van der Waals surface area (Å²) in [4.78, 5) is 0. The fourth-order valence-corrected chi connectivity index (χ4v) is 0. The van der Waals surface area contributed by atoms with Crippen LogP contribution < -0.4 is 11.7 Å². The summed E-state index contributed by atoms with van der Waals surface area (Å²) in [6, 6.07) is 0. The van der Waals surface area contributed by atoms with Crippen LogP contribution in [-0.2, 0) is 0 Å². The van der Waals surface area contributed by atoms with Crippen molar-refractivity contribution in [1.29, 1.82) is 0 Å². The van der Waals surface area contributed by atoms with Crippen molar-refractivity contribution in [3.8, 4) is 0 Å². The average Bonchev–Trinajstić information content (AvgIpc) is 1.72. The van der Waals surface area contributed by atoms with Crippen molar-refractivity contribution < 1.29 is 0 Å². The van der Waals surface area contributed by atoms with Crippen LogP contribution in [0.15, 0.2) is 0 Å². The second-order valence-electron chi connectivity index (χ2n) is 0.385. The fourth-order valence-electron chi connectivity index (χ4n) is 0. The van der Waals surface area contributed by atoms with E-state index in [9.17, 15) is 0 Å². The number of hydrazine groups is 1. The summed E-state index contributed by atoms with van der Waals surface area (Å²) in [7, 11) is 12.0. The van der Waals surface area contributed by atoms with Gasteiger partial charge in [0.05, 0.1) is 0 Å². The Balaban J connectivity index is 0. The lowest BCUT2D eigenvalue weighted by molar-refractivity contribution is 1.26. The van der Waals surface area contributed by atoms with E-state index in [0.717, 1.165) is 0 Å². The highest BCUT2D eigenvalue weighted by molar-refractivity contribution is 7.37. The molecular weight excluding hydrogens is 71.3 g/mol. The third kappa shape index (κ3) is 30.4. The van der Waals surface area contributed by atoms with E-state index in [1.165, 1.54) is 14.1 Å². The van der Waals surface area contributed by atoms with E-state index in [2.05, 4.69) is 11.7 Å². The number of hydrogen-bond acceptors (Lipinski definition) is 2. The van der Waals surface area contributed by atoms with Crippen LogP contribution in [-0.4, -0.2) is 29.6 Å². The molecule has 0 aliphatic carbocycles. The van der Waals surface area contributed by atoms with Gasteiger partial charge in [0, 0.05) is 29.6 Å². The van der Waals surface area contributed by atoms with Crippen molar-refractivity contribution in [2.24, 2.45) is 11.7 Å². The zero-order valence-corrected chi connectivity index (χ0v) is 3.46. The van der Waals surface area contributed by atoms with E-state index >= 15 is 0 Å². The maximum Gasteiger partial charge on any atom is 0 e. The summed E-state index contributed by atoms with van der Waals surface area (Å²) in [5.74, 6) is 8.00. The molecular formula is H4B4N2. The molecule has 0 amide bonds. The van der Waals surface area contributed by atoms with Crippen LogP contribution in [0, 0.1) is 0 Å². The standard InChI is InChI=1S/B4.H4N2/c1-3-4-2;1-2/h;1-2H2. The predicted octanol–water partition coefficient (Wildman–Crippen LogP) is -2.70. The van der Waals surface area contributed by atoms with Gasteiger partial charge in [-0.2, -0.15) is 0 Å². The van der Waals surface area contributed by atoms with Crippen molar-refractivity contribution in [2.75, 3.05) is 0 Å². The lowest BCUT2D eigenvalue weighted by atomic mass is 9.19. The summed E-state index contributed by atoms with van der Waals surface area (Å²) in [5, 5.41) is 0. The minimum Gasteiger partial charge on any atom is -0.274 e. The summed E-state index contributed by atoms with van der Waals surface area (Å²) in [6.07, 6.45) is 0. The molecule has 6 heteroatoms. The summed E-state index contributed by atoms with van der Waals surface area (Å²) < 4.78 is 0. The van der Waals surface area contributed by atoms with Gasteiger partial charge < -0.3 is 0 Å². The van der Waals surface area contributed by atoms with E-state index in [1.54, 1.807) is 0 Å². The molecule has 0 rings (SSSR count). The van der Waals surface area contributed by atoms with Crippen LogP contribution >= 0.6 is 0 Å². The van der Waals surface area contributed by atoms with Crippen molar-refractivity contribution in [3.05, 3.63) is 0 Å². The lowest BCUT2D eigenvalue weighted by Crippen LogP contribution is -2.02. The van der Waals surface area contributed by atoms with E-state index in [0.29, 0.717) is 0 Å². The Morgan fingerprint density at radius 1 is 1.00 bits per heavy atom. The summed E-state index contributed by atoms with van der Waals surface area (Å²) >= 11 is 0. The normalized spacial score (nSPS) is 4.33. The maximum absolute atomic E-state index is 4.72. The van der Waals surface area contributed by atoms with Crippen LogP contribution in [0.2, 0.25) is 0 Å². The number of nitrogens with two attached hydrogens (primary N) is 2. The van der Waals surface area contributed by atoms with Gasteiger partial charge in [0.15, 0.2) is 0 Å². The third-order valence-corrected chi connectivity index (χ3v) is 0.111. The van der Waals surface area contributed by atoms with Gasteiger partial charge in [-0.1, -0.05) is 0 Å². The molecule has 26 valence electrons. The molecule has 6 heavy (non-hydrogen) atoms. The van der Waals surface area contributed by atoms with Gasteiger partial charge in [-0.15, -0.1) is 0 Å². The van der Waals surface area contributed by atoms with E-state index in [4.69, 9.17) is 15.5 Å². The Bertz CT molecular complexity index is 7.51. The average molecular weight is 75.3 g/mol. The Labute approximate surface area is 42.3 Å². The molecule has 0 fully saturated rings. The number of rotatable bonds is 1. The second-order valence-corrected chi connectivity index (χ2v) is 0.385. The monoisotopic (exact) mass is 76.1 g/mol. The molecule has 2 nitrogen and oxygen atoms in total. The first-order valence-corrected chi connectivity index (χ1v) is 1.33. The molecule has 0 spiro atoms. The molecule has 0 aliphatic heterocycles. The molecule has 0 atom stereocenters. The quantitative estimate of drug-likeness (QED) is 0.202. The molecule has 0 saturated carbocycles. The molecule has 0 saturated heterocycles. The summed E-state index contributed by atoms with van der Waals surface area (Å²) in [6.45, 7) is 0. The van der Waals surface area contributed by atoms with Gasteiger partial charge in [-0.25, -0.2) is 0 Å².